The lowest BCUT2D eigenvalue weighted by Crippen LogP contribution is -2.34. The molecule has 4 aromatic heterocycles. The van der Waals surface area contributed by atoms with Crippen LogP contribution in [-0.2, 0) is 13.0 Å². The molecular weight excluding hydrogens is 354 g/mol. The second-order valence-electron chi connectivity index (χ2n) is 7.01. The van der Waals surface area contributed by atoms with E-state index >= 15 is 0 Å². The highest BCUT2D eigenvalue weighted by Crippen LogP contribution is 2.27. The molecule has 0 radical (unpaired) electrons. The van der Waals surface area contributed by atoms with Gasteiger partial charge in [0.1, 0.15) is 0 Å². The van der Waals surface area contributed by atoms with Gasteiger partial charge in [-0.05, 0) is 31.5 Å². The van der Waals surface area contributed by atoms with Crippen LogP contribution in [0.2, 0.25) is 0 Å². The van der Waals surface area contributed by atoms with Gasteiger partial charge < -0.3 is 4.90 Å². The molecule has 0 fully saturated rings. The van der Waals surface area contributed by atoms with Gasteiger partial charge in [-0.1, -0.05) is 0 Å². The van der Waals surface area contributed by atoms with Crippen LogP contribution in [0.3, 0.4) is 0 Å². The third kappa shape index (κ3) is 2.57. The zero-order chi connectivity index (χ0) is 19.3. The topological polar surface area (TPSA) is 81.2 Å². The summed E-state index contributed by atoms with van der Waals surface area (Å²) in [5, 5.41) is 8.92. The van der Waals surface area contributed by atoms with Gasteiger partial charge in [0.25, 0.3) is 5.56 Å². The van der Waals surface area contributed by atoms with Gasteiger partial charge >= 0.3 is 0 Å². The Morgan fingerprint density at radius 2 is 2.00 bits per heavy atom. The van der Waals surface area contributed by atoms with Crippen LogP contribution in [0.15, 0.2) is 47.8 Å². The summed E-state index contributed by atoms with van der Waals surface area (Å²) in [6, 6.07) is 5.45. The number of rotatable bonds is 2. The SMILES string of the molecule is Cc1c(N2CCc3ncc(-n4cccn4)cc3C2)nn2c(=O)ccnc2c1C. The van der Waals surface area contributed by atoms with Crippen molar-refractivity contribution in [3.8, 4) is 5.69 Å². The molecule has 8 heteroatoms. The molecule has 5 rings (SSSR count). The second kappa shape index (κ2) is 6.26. The van der Waals surface area contributed by atoms with Crippen molar-refractivity contribution in [3.05, 3.63) is 75.7 Å². The van der Waals surface area contributed by atoms with E-state index in [-0.39, 0.29) is 5.56 Å². The average Bonchev–Trinajstić information content (AvgIpc) is 3.25. The van der Waals surface area contributed by atoms with E-state index in [0.29, 0.717) is 12.2 Å². The first-order chi connectivity index (χ1) is 13.6. The molecule has 0 saturated heterocycles. The van der Waals surface area contributed by atoms with Gasteiger partial charge in [0, 0.05) is 61.0 Å². The first-order valence-electron chi connectivity index (χ1n) is 9.20. The van der Waals surface area contributed by atoms with Crippen LogP contribution in [0.4, 0.5) is 5.82 Å². The Morgan fingerprint density at radius 1 is 1.11 bits per heavy atom. The van der Waals surface area contributed by atoms with Crippen LogP contribution >= 0.6 is 0 Å². The number of hydrogen-bond donors (Lipinski definition) is 0. The van der Waals surface area contributed by atoms with Crippen molar-refractivity contribution in [1.29, 1.82) is 0 Å². The fourth-order valence-corrected chi connectivity index (χ4v) is 3.70. The Kier molecular flexibility index (Phi) is 3.71. The minimum absolute atomic E-state index is 0.172. The van der Waals surface area contributed by atoms with E-state index in [1.165, 1.54) is 16.8 Å². The molecule has 0 saturated carbocycles. The van der Waals surface area contributed by atoms with Gasteiger partial charge in [0.2, 0.25) is 0 Å². The summed E-state index contributed by atoms with van der Waals surface area (Å²) in [7, 11) is 0. The number of anilines is 1. The van der Waals surface area contributed by atoms with Crippen molar-refractivity contribution in [3.63, 3.8) is 0 Å². The van der Waals surface area contributed by atoms with Gasteiger partial charge in [0.05, 0.1) is 11.9 Å². The average molecular weight is 373 g/mol. The van der Waals surface area contributed by atoms with Gasteiger partial charge in [-0.25, -0.2) is 9.67 Å². The molecule has 1 aliphatic rings. The van der Waals surface area contributed by atoms with Gasteiger partial charge in [0.15, 0.2) is 11.5 Å². The molecule has 0 bridgehead atoms. The molecule has 0 unspecified atom stereocenters. The fourth-order valence-electron chi connectivity index (χ4n) is 3.70. The number of fused-ring (bicyclic) bond motifs is 2. The van der Waals surface area contributed by atoms with E-state index in [9.17, 15) is 4.79 Å². The summed E-state index contributed by atoms with van der Waals surface area (Å²) in [6.07, 6.45) is 7.88. The van der Waals surface area contributed by atoms with Gasteiger partial charge in [-0.15, -0.1) is 5.10 Å². The highest BCUT2D eigenvalue weighted by Gasteiger charge is 2.22. The maximum atomic E-state index is 12.3. The minimum atomic E-state index is -0.172. The minimum Gasteiger partial charge on any atom is -0.350 e. The lowest BCUT2D eigenvalue weighted by atomic mass is 10.0. The Hall–Kier alpha value is -3.55. The second-order valence-corrected chi connectivity index (χ2v) is 7.01. The molecule has 28 heavy (non-hydrogen) atoms. The number of aromatic nitrogens is 6. The highest BCUT2D eigenvalue weighted by atomic mass is 16.1. The van der Waals surface area contributed by atoms with Crippen molar-refractivity contribution < 1.29 is 0 Å². The summed E-state index contributed by atoms with van der Waals surface area (Å²) in [5.41, 5.74) is 5.63. The van der Waals surface area contributed by atoms with Crippen LogP contribution in [0.25, 0.3) is 11.3 Å². The van der Waals surface area contributed by atoms with E-state index in [1.54, 1.807) is 10.9 Å². The summed E-state index contributed by atoms with van der Waals surface area (Å²) in [5.74, 6) is 0.815. The highest BCUT2D eigenvalue weighted by molar-refractivity contribution is 5.59. The zero-order valence-electron chi connectivity index (χ0n) is 15.7. The maximum Gasteiger partial charge on any atom is 0.274 e. The van der Waals surface area contributed by atoms with E-state index in [0.717, 1.165) is 46.9 Å². The van der Waals surface area contributed by atoms with Crippen LogP contribution in [0.1, 0.15) is 22.4 Å². The number of nitrogens with zero attached hydrogens (tertiary/aromatic N) is 7. The third-order valence-corrected chi connectivity index (χ3v) is 5.34. The lowest BCUT2D eigenvalue weighted by molar-refractivity contribution is 0.681. The summed E-state index contributed by atoms with van der Waals surface area (Å²) < 4.78 is 3.20. The molecule has 5 heterocycles. The predicted molar refractivity (Wildman–Crippen MR) is 105 cm³/mol. The van der Waals surface area contributed by atoms with Crippen LogP contribution < -0.4 is 10.5 Å². The van der Waals surface area contributed by atoms with Crippen molar-refractivity contribution in [2.45, 2.75) is 26.8 Å². The van der Waals surface area contributed by atoms with Gasteiger partial charge in [-0.3, -0.25) is 9.78 Å². The molecular formula is C20H19N7O. The normalized spacial score (nSPS) is 13.7. The molecule has 1 aliphatic heterocycles. The Labute approximate surface area is 161 Å². The quantitative estimate of drug-likeness (QED) is 0.533. The van der Waals surface area contributed by atoms with Crippen LogP contribution in [0, 0.1) is 13.8 Å². The van der Waals surface area contributed by atoms with Crippen molar-refractivity contribution in [2.75, 3.05) is 11.4 Å². The molecule has 0 amide bonds. The van der Waals surface area contributed by atoms with Crippen molar-refractivity contribution in [2.24, 2.45) is 0 Å². The molecule has 4 aromatic rings. The van der Waals surface area contributed by atoms with Crippen LogP contribution in [0.5, 0.6) is 0 Å². The first kappa shape index (κ1) is 16.6. The maximum absolute atomic E-state index is 12.3. The van der Waals surface area contributed by atoms with Crippen molar-refractivity contribution in [1.82, 2.24) is 29.4 Å². The zero-order valence-corrected chi connectivity index (χ0v) is 15.7. The molecule has 0 aromatic carbocycles. The fraction of sp³-hybridized carbons (Fsp3) is 0.250. The number of hydrogen-bond acceptors (Lipinski definition) is 6. The van der Waals surface area contributed by atoms with E-state index in [1.807, 2.05) is 32.3 Å². The Bertz CT molecular complexity index is 1240. The smallest absolute Gasteiger partial charge is 0.274 e. The molecule has 8 nitrogen and oxygen atoms in total. The molecule has 0 atom stereocenters. The Balaban J connectivity index is 1.58. The van der Waals surface area contributed by atoms with Gasteiger partial charge in [-0.2, -0.15) is 9.61 Å². The largest absolute Gasteiger partial charge is 0.350 e. The van der Waals surface area contributed by atoms with Crippen LogP contribution in [-0.4, -0.2) is 35.9 Å². The molecule has 140 valence electrons. The van der Waals surface area contributed by atoms with E-state index in [2.05, 4.69) is 31.1 Å². The summed E-state index contributed by atoms with van der Waals surface area (Å²) in [6.45, 7) is 5.50. The lowest BCUT2D eigenvalue weighted by Gasteiger charge is -2.31. The third-order valence-electron chi connectivity index (χ3n) is 5.34. The molecule has 0 spiro atoms. The molecule has 0 N–H and O–H groups in total. The number of aryl methyl sites for hydroxylation is 1. The monoisotopic (exact) mass is 373 g/mol. The Morgan fingerprint density at radius 3 is 2.82 bits per heavy atom. The summed E-state index contributed by atoms with van der Waals surface area (Å²) in [4.78, 5) is 23.4. The summed E-state index contributed by atoms with van der Waals surface area (Å²) >= 11 is 0. The van der Waals surface area contributed by atoms with Crippen molar-refractivity contribution >= 4 is 11.5 Å². The standard InChI is InChI=1S/C20H19N7O/c1-13-14(2)20(24-27-18(28)4-7-21-19(13)27)25-9-5-17-15(12-25)10-16(11-22-17)26-8-3-6-23-26/h3-4,6-8,10-11H,5,9,12H2,1-2H3. The molecule has 0 aliphatic carbocycles. The van der Waals surface area contributed by atoms with E-state index < -0.39 is 0 Å². The van der Waals surface area contributed by atoms with E-state index in [4.69, 9.17) is 0 Å². The predicted octanol–water partition coefficient (Wildman–Crippen LogP) is 1.85. The first-order valence-corrected chi connectivity index (χ1v) is 9.20. The number of pyridine rings is 1.